The smallest absolute Gasteiger partial charge is 0.475 e. The first-order valence-electron chi connectivity index (χ1n) is 11.9. The number of ether oxygens (including phenoxy) is 2. The van der Waals surface area contributed by atoms with Gasteiger partial charge in [-0.25, -0.2) is 14.6 Å². The summed E-state index contributed by atoms with van der Waals surface area (Å²) in [6, 6.07) is 0.498. The Morgan fingerprint density at radius 3 is 2.16 bits per heavy atom. The summed E-state index contributed by atoms with van der Waals surface area (Å²) in [4.78, 5) is 27.5. The van der Waals surface area contributed by atoms with E-state index in [2.05, 4.69) is 27.1 Å². The van der Waals surface area contributed by atoms with Gasteiger partial charge in [0.1, 0.15) is 0 Å². The van der Waals surface area contributed by atoms with E-state index in [1.807, 2.05) is 0 Å². The largest absolute Gasteiger partial charge is 0.490 e. The SMILES string of the molecule is Cc1nc(CN2CCO[C@H]3[C@H](OCCN4CCCC4)CC[C@@H]32)cs1.O=C(O)C(F)(F)F.O=C(O)C(F)(F)F. The number of carbonyl (C=O) groups is 2. The normalized spacial score (nSPS) is 24.1. The third kappa shape index (κ3) is 10.6. The Morgan fingerprint density at radius 1 is 1.08 bits per heavy atom. The van der Waals surface area contributed by atoms with E-state index >= 15 is 0 Å². The van der Waals surface area contributed by atoms with E-state index in [0.29, 0.717) is 6.04 Å². The predicted molar refractivity (Wildman–Crippen MR) is 123 cm³/mol. The van der Waals surface area contributed by atoms with E-state index in [1.165, 1.54) is 38.0 Å². The van der Waals surface area contributed by atoms with E-state index in [1.54, 1.807) is 11.3 Å². The van der Waals surface area contributed by atoms with Crippen molar-refractivity contribution in [2.75, 3.05) is 39.4 Å². The fraction of sp³-hybridized carbons (Fsp3) is 0.773. The maximum atomic E-state index is 10.6. The number of thiazole rings is 1. The van der Waals surface area contributed by atoms with E-state index in [0.717, 1.165) is 44.3 Å². The summed E-state index contributed by atoms with van der Waals surface area (Å²) < 4.78 is 75.8. The molecule has 1 saturated carbocycles. The van der Waals surface area contributed by atoms with Crippen molar-refractivity contribution in [1.82, 2.24) is 14.8 Å². The van der Waals surface area contributed by atoms with Crippen molar-refractivity contribution in [2.45, 2.75) is 69.8 Å². The zero-order chi connectivity index (χ0) is 28.5. The Hall–Kier alpha value is -2.01. The van der Waals surface area contributed by atoms with Crippen LogP contribution in [0, 0.1) is 6.92 Å². The van der Waals surface area contributed by atoms with Crippen LogP contribution in [0.4, 0.5) is 26.3 Å². The van der Waals surface area contributed by atoms with Gasteiger partial charge < -0.3 is 24.6 Å². The monoisotopic (exact) mass is 579 g/mol. The first-order chi connectivity index (χ1) is 17.7. The number of aliphatic carboxylic acids is 2. The molecule has 0 bridgehead atoms. The van der Waals surface area contributed by atoms with E-state index in [-0.39, 0.29) is 12.2 Å². The van der Waals surface area contributed by atoms with Crippen LogP contribution >= 0.6 is 11.3 Å². The predicted octanol–water partition coefficient (Wildman–Crippen LogP) is 3.56. The van der Waals surface area contributed by atoms with Crippen molar-refractivity contribution in [1.29, 1.82) is 0 Å². The lowest BCUT2D eigenvalue weighted by atomic mass is 10.1. The summed E-state index contributed by atoms with van der Waals surface area (Å²) >= 11 is 1.74. The molecule has 9 nitrogen and oxygen atoms in total. The van der Waals surface area contributed by atoms with Gasteiger partial charge >= 0.3 is 24.3 Å². The van der Waals surface area contributed by atoms with Crippen LogP contribution in [-0.4, -0.2) is 107 Å². The average Bonchev–Trinajstić information content (AvgIpc) is 3.56. The summed E-state index contributed by atoms with van der Waals surface area (Å²) in [5.41, 5.74) is 1.21. The van der Waals surface area contributed by atoms with Crippen molar-refractivity contribution in [2.24, 2.45) is 0 Å². The van der Waals surface area contributed by atoms with Crippen LogP contribution in [0.25, 0.3) is 0 Å². The molecule has 3 heterocycles. The Labute approximate surface area is 219 Å². The van der Waals surface area contributed by atoms with Crippen LogP contribution in [0.15, 0.2) is 5.38 Å². The van der Waals surface area contributed by atoms with Gasteiger partial charge in [0.2, 0.25) is 0 Å². The maximum absolute atomic E-state index is 10.6. The summed E-state index contributed by atoms with van der Waals surface area (Å²) in [7, 11) is 0. The molecule has 3 fully saturated rings. The number of hydrogen-bond donors (Lipinski definition) is 2. The van der Waals surface area contributed by atoms with Crippen molar-refractivity contribution >= 4 is 23.3 Å². The quantitative estimate of drug-likeness (QED) is 0.489. The standard InChI is InChI=1S/C18H29N3O2S.2C2HF3O2/c1-14-19-15(13-24-14)12-21-9-11-23-18-16(21)4-5-17(18)22-10-8-20-6-2-3-7-20;2*3-2(4,5)1(6)7/h13,16-18H,2-12H2,1H3;2*(H,6,7)/t16-,17+,18+;;/m0../s1. The van der Waals surface area contributed by atoms with Crippen molar-refractivity contribution < 1.29 is 55.6 Å². The molecule has 2 aliphatic heterocycles. The van der Waals surface area contributed by atoms with Gasteiger partial charge in [0.15, 0.2) is 0 Å². The van der Waals surface area contributed by atoms with Crippen LogP contribution in [-0.2, 0) is 25.6 Å². The van der Waals surface area contributed by atoms with Gasteiger partial charge in [0, 0.05) is 31.1 Å². The first-order valence-corrected chi connectivity index (χ1v) is 12.8. The molecular formula is C22H31F6N3O6S. The Balaban J connectivity index is 0.000000301. The van der Waals surface area contributed by atoms with E-state index in [4.69, 9.17) is 29.3 Å². The molecule has 0 unspecified atom stereocenters. The lowest BCUT2D eigenvalue weighted by Gasteiger charge is -2.38. The van der Waals surface area contributed by atoms with Crippen LogP contribution in [0.2, 0.25) is 0 Å². The van der Waals surface area contributed by atoms with Gasteiger partial charge in [-0.05, 0) is 45.7 Å². The number of nitrogens with zero attached hydrogens (tertiary/aromatic N) is 3. The number of alkyl halides is 6. The Morgan fingerprint density at radius 2 is 1.66 bits per heavy atom. The first kappa shape index (κ1) is 32.2. The fourth-order valence-electron chi connectivity index (χ4n) is 4.39. The average molecular weight is 580 g/mol. The molecule has 0 amide bonds. The molecule has 3 atom stereocenters. The molecule has 1 aromatic rings. The number of rotatable bonds is 6. The molecule has 16 heteroatoms. The number of aromatic nitrogens is 1. The fourth-order valence-corrected chi connectivity index (χ4v) is 5.00. The number of likely N-dealkylation sites (tertiary alicyclic amines) is 1. The Kier molecular flexibility index (Phi) is 12.2. The molecule has 1 aliphatic carbocycles. The lowest BCUT2D eigenvalue weighted by molar-refractivity contribution is -0.193. The molecule has 0 spiro atoms. The third-order valence-corrected chi connectivity index (χ3v) is 6.93. The molecule has 0 radical (unpaired) electrons. The van der Waals surface area contributed by atoms with Crippen LogP contribution in [0.5, 0.6) is 0 Å². The highest BCUT2D eigenvalue weighted by Gasteiger charge is 2.43. The van der Waals surface area contributed by atoms with Crippen molar-refractivity contribution in [3.05, 3.63) is 16.1 Å². The summed E-state index contributed by atoms with van der Waals surface area (Å²) in [5.74, 6) is -5.51. The molecule has 0 aromatic carbocycles. The second-order valence-corrected chi connectivity index (χ2v) is 9.93. The minimum absolute atomic E-state index is 0.247. The minimum atomic E-state index is -5.08. The number of carboxylic acid groups (broad SMARTS) is 2. The Bertz CT molecular complexity index is 870. The van der Waals surface area contributed by atoms with Gasteiger partial charge in [-0.3, -0.25) is 4.90 Å². The molecular weight excluding hydrogens is 548 g/mol. The highest BCUT2D eigenvalue weighted by atomic mass is 32.1. The van der Waals surface area contributed by atoms with Gasteiger partial charge in [-0.2, -0.15) is 26.3 Å². The molecule has 1 aromatic heterocycles. The van der Waals surface area contributed by atoms with Crippen LogP contribution < -0.4 is 0 Å². The van der Waals surface area contributed by atoms with Crippen molar-refractivity contribution in [3.8, 4) is 0 Å². The third-order valence-electron chi connectivity index (χ3n) is 6.11. The molecule has 2 N–H and O–H groups in total. The van der Waals surface area contributed by atoms with Crippen LogP contribution in [0.3, 0.4) is 0 Å². The maximum Gasteiger partial charge on any atom is 0.490 e. The molecule has 218 valence electrons. The highest BCUT2D eigenvalue weighted by molar-refractivity contribution is 7.09. The van der Waals surface area contributed by atoms with Crippen molar-refractivity contribution in [3.63, 3.8) is 0 Å². The summed E-state index contributed by atoms with van der Waals surface area (Å²) in [5, 5.41) is 17.6. The molecule has 3 aliphatic rings. The van der Waals surface area contributed by atoms with E-state index in [9.17, 15) is 26.3 Å². The summed E-state index contributed by atoms with van der Waals surface area (Å²) in [6.07, 6.45) is -4.64. The van der Waals surface area contributed by atoms with E-state index < -0.39 is 24.3 Å². The zero-order valence-corrected chi connectivity index (χ0v) is 21.4. The van der Waals surface area contributed by atoms with Gasteiger partial charge in [-0.1, -0.05) is 0 Å². The molecule has 2 saturated heterocycles. The summed E-state index contributed by atoms with van der Waals surface area (Å²) in [6.45, 7) is 9.28. The number of aryl methyl sites for hydroxylation is 1. The number of morpholine rings is 1. The number of halogens is 6. The number of hydrogen-bond acceptors (Lipinski definition) is 8. The topological polar surface area (TPSA) is 112 Å². The minimum Gasteiger partial charge on any atom is -0.475 e. The van der Waals surface area contributed by atoms with Gasteiger partial charge in [0.25, 0.3) is 0 Å². The molecule has 4 rings (SSSR count). The van der Waals surface area contributed by atoms with Gasteiger partial charge in [0.05, 0.1) is 36.1 Å². The molecule has 38 heavy (non-hydrogen) atoms. The highest BCUT2D eigenvalue weighted by Crippen LogP contribution is 2.33. The second-order valence-electron chi connectivity index (χ2n) is 8.87. The lowest BCUT2D eigenvalue weighted by Crippen LogP contribution is -2.51. The number of fused-ring (bicyclic) bond motifs is 1. The number of carboxylic acids is 2. The van der Waals surface area contributed by atoms with Gasteiger partial charge in [-0.15, -0.1) is 11.3 Å². The second kappa shape index (κ2) is 14.4. The van der Waals surface area contributed by atoms with Crippen LogP contribution in [0.1, 0.15) is 36.4 Å². The zero-order valence-electron chi connectivity index (χ0n) is 20.6.